The number of hydrogen-bond acceptors (Lipinski definition) is 2. The Morgan fingerprint density at radius 3 is 2.29 bits per heavy atom. The van der Waals surface area contributed by atoms with Crippen LogP contribution in [-0.4, -0.2) is 19.3 Å². The molecule has 1 atom stereocenters. The van der Waals surface area contributed by atoms with Crippen LogP contribution < -0.4 is 5.73 Å². The van der Waals surface area contributed by atoms with Crippen LogP contribution in [0.3, 0.4) is 0 Å². The molecule has 0 aromatic heterocycles. The standard InChI is InChI=1S/C11H21NO.ClH/c12-11-3-1-9(2-4-11)7-10-5-6-13-8-10;/h9-11H,1-8,12H2;1H. The molecule has 0 spiro atoms. The maximum absolute atomic E-state index is 5.88. The summed E-state index contributed by atoms with van der Waals surface area (Å²) >= 11 is 0. The van der Waals surface area contributed by atoms with Gasteiger partial charge in [0.25, 0.3) is 0 Å². The molecule has 2 N–H and O–H groups in total. The summed E-state index contributed by atoms with van der Waals surface area (Å²) in [4.78, 5) is 0. The van der Waals surface area contributed by atoms with E-state index in [2.05, 4.69) is 0 Å². The van der Waals surface area contributed by atoms with Crippen molar-refractivity contribution in [2.45, 2.75) is 44.6 Å². The van der Waals surface area contributed by atoms with E-state index in [1.165, 1.54) is 38.5 Å². The molecule has 0 amide bonds. The molecular weight excluding hydrogens is 198 g/mol. The van der Waals surface area contributed by atoms with Gasteiger partial charge in [0.15, 0.2) is 0 Å². The zero-order valence-electron chi connectivity index (χ0n) is 8.78. The highest BCUT2D eigenvalue weighted by Gasteiger charge is 2.24. The van der Waals surface area contributed by atoms with Gasteiger partial charge in [-0.2, -0.15) is 0 Å². The molecule has 1 unspecified atom stereocenters. The van der Waals surface area contributed by atoms with Gasteiger partial charge < -0.3 is 10.5 Å². The summed E-state index contributed by atoms with van der Waals surface area (Å²) in [6.07, 6.45) is 7.90. The Morgan fingerprint density at radius 1 is 1.00 bits per heavy atom. The van der Waals surface area contributed by atoms with E-state index in [9.17, 15) is 0 Å². The molecular formula is C11H22ClNO. The van der Waals surface area contributed by atoms with E-state index in [4.69, 9.17) is 10.5 Å². The van der Waals surface area contributed by atoms with Gasteiger partial charge in [0.05, 0.1) is 0 Å². The van der Waals surface area contributed by atoms with Gasteiger partial charge in [-0.1, -0.05) is 0 Å². The molecule has 3 heteroatoms. The van der Waals surface area contributed by atoms with E-state index in [0.29, 0.717) is 6.04 Å². The number of halogens is 1. The van der Waals surface area contributed by atoms with Crippen molar-refractivity contribution in [1.29, 1.82) is 0 Å². The number of nitrogens with two attached hydrogens (primary N) is 1. The molecule has 0 aromatic carbocycles. The van der Waals surface area contributed by atoms with Crippen LogP contribution in [-0.2, 0) is 4.74 Å². The van der Waals surface area contributed by atoms with Crippen molar-refractivity contribution in [3.8, 4) is 0 Å². The fourth-order valence-corrected chi connectivity index (χ4v) is 2.66. The quantitative estimate of drug-likeness (QED) is 0.774. The highest BCUT2D eigenvalue weighted by molar-refractivity contribution is 5.85. The number of rotatable bonds is 2. The molecule has 1 saturated heterocycles. The maximum Gasteiger partial charge on any atom is 0.0495 e. The smallest absolute Gasteiger partial charge is 0.0495 e. The normalized spacial score (nSPS) is 37.9. The summed E-state index contributed by atoms with van der Waals surface area (Å²) in [6.45, 7) is 2.01. The first-order chi connectivity index (χ1) is 6.34. The lowest BCUT2D eigenvalue weighted by Crippen LogP contribution is -2.27. The minimum Gasteiger partial charge on any atom is -0.381 e. The monoisotopic (exact) mass is 219 g/mol. The molecule has 2 fully saturated rings. The van der Waals surface area contributed by atoms with E-state index in [0.717, 1.165) is 25.0 Å². The fraction of sp³-hybridized carbons (Fsp3) is 1.00. The topological polar surface area (TPSA) is 35.2 Å². The Hall–Kier alpha value is 0.210. The fourth-order valence-electron chi connectivity index (χ4n) is 2.66. The number of hydrogen-bond donors (Lipinski definition) is 1. The van der Waals surface area contributed by atoms with Crippen molar-refractivity contribution in [3.63, 3.8) is 0 Å². The third-order valence-electron chi connectivity index (χ3n) is 3.58. The first kappa shape index (κ1) is 12.3. The lowest BCUT2D eigenvalue weighted by Gasteiger charge is -2.27. The lowest BCUT2D eigenvalue weighted by molar-refractivity contribution is 0.175. The first-order valence-electron chi connectivity index (χ1n) is 5.68. The van der Waals surface area contributed by atoms with Gasteiger partial charge >= 0.3 is 0 Å². The zero-order valence-corrected chi connectivity index (χ0v) is 9.60. The molecule has 2 nitrogen and oxygen atoms in total. The van der Waals surface area contributed by atoms with Crippen molar-refractivity contribution < 1.29 is 4.74 Å². The Kier molecular flexibility index (Phi) is 5.21. The van der Waals surface area contributed by atoms with Gasteiger partial charge in [-0.15, -0.1) is 12.4 Å². The summed E-state index contributed by atoms with van der Waals surface area (Å²) in [5.41, 5.74) is 5.88. The van der Waals surface area contributed by atoms with E-state index in [-0.39, 0.29) is 12.4 Å². The predicted molar refractivity (Wildman–Crippen MR) is 60.7 cm³/mol. The summed E-state index contributed by atoms with van der Waals surface area (Å²) in [7, 11) is 0. The van der Waals surface area contributed by atoms with E-state index < -0.39 is 0 Å². The summed E-state index contributed by atoms with van der Waals surface area (Å²) < 4.78 is 5.40. The van der Waals surface area contributed by atoms with Gasteiger partial charge in [0.2, 0.25) is 0 Å². The van der Waals surface area contributed by atoms with Crippen LogP contribution in [0.5, 0.6) is 0 Å². The van der Waals surface area contributed by atoms with E-state index in [1.807, 2.05) is 0 Å². The molecule has 2 aliphatic rings. The first-order valence-corrected chi connectivity index (χ1v) is 5.68. The average molecular weight is 220 g/mol. The predicted octanol–water partition coefficient (Wildman–Crippen LogP) is 2.35. The van der Waals surface area contributed by atoms with E-state index >= 15 is 0 Å². The largest absolute Gasteiger partial charge is 0.381 e. The second-order valence-electron chi connectivity index (χ2n) is 4.75. The molecule has 1 aliphatic heterocycles. The van der Waals surface area contributed by atoms with Crippen LogP contribution >= 0.6 is 12.4 Å². The Bertz CT molecular complexity index is 151. The lowest BCUT2D eigenvalue weighted by atomic mass is 9.81. The van der Waals surface area contributed by atoms with Gasteiger partial charge in [-0.05, 0) is 50.4 Å². The molecule has 14 heavy (non-hydrogen) atoms. The van der Waals surface area contributed by atoms with Gasteiger partial charge in [-0.3, -0.25) is 0 Å². The summed E-state index contributed by atoms with van der Waals surface area (Å²) in [6, 6.07) is 0.496. The van der Waals surface area contributed by atoms with Gasteiger partial charge in [0, 0.05) is 19.3 Å². The Morgan fingerprint density at radius 2 is 1.71 bits per heavy atom. The third-order valence-corrected chi connectivity index (χ3v) is 3.58. The van der Waals surface area contributed by atoms with Crippen LogP contribution in [0.15, 0.2) is 0 Å². The maximum atomic E-state index is 5.88. The molecule has 2 rings (SSSR count). The molecule has 0 aromatic rings. The molecule has 0 bridgehead atoms. The summed E-state index contributed by atoms with van der Waals surface area (Å²) in [5.74, 6) is 1.81. The molecule has 1 aliphatic carbocycles. The van der Waals surface area contributed by atoms with Crippen LogP contribution in [0.2, 0.25) is 0 Å². The van der Waals surface area contributed by atoms with Crippen LogP contribution in [0, 0.1) is 11.8 Å². The van der Waals surface area contributed by atoms with Crippen molar-refractivity contribution >= 4 is 12.4 Å². The van der Waals surface area contributed by atoms with Crippen LogP contribution in [0.1, 0.15) is 38.5 Å². The zero-order chi connectivity index (χ0) is 9.10. The summed E-state index contributed by atoms with van der Waals surface area (Å²) in [5, 5.41) is 0. The van der Waals surface area contributed by atoms with Gasteiger partial charge in [0.1, 0.15) is 0 Å². The Labute approximate surface area is 93.0 Å². The number of ether oxygens (including phenoxy) is 1. The molecule has 84 valence electrons. The minimum absolute atomic E-state index is 0. The molecule has 1 saturated carbocycles. The second-order valence-corrected chi connectivity index (χ2v) is 4.75. The third kappa shape index (κ3) is 3.41. The second kappa shape index (κ2) is 5.94. The van der Waals surface area contributed by atoms with E-state index in [1.54, 1.807) is 0 Å². The highest BCUT2D eigenvalue weighted by atomic mass is 35.5. The van der Waals surface area contributed by atoms with Crippen molar-refractivity contribution in [2.24, 2.45) is 17.6 Å². The minimum atomic E-state index is 0. The van der Waals surface area contributed by atoms with Crippen LogP contribution in [0.4, 0.5) is 0 Å². The van der Waals surface area contributed by atoms with Crippen molar-refractivity contribution in [3.05, 3.63) is 0 Å². The average Bonchev–Trinajstić information content (AvgIpc) is 2.62. The van der Waals surface area contributed by atoms with Gasteiger partial charge in [-0.25, -0.2) is 0 Å². The van der Waals surface area contributed by atoms with Crippen LogP contribution in [0.25, 0.3) is 0 Å². The molecule has 0 radical (unpaired) electrons. The molecule has 1 heterocycles. The highest BCUT2D eigenvalue weighted by Crippen LogP contribution is 2.31. The Balaban J connectivity index is 0.000000980. The van der Waals surface area contributed by atoms with Crippen molar-refractivity contribution in [2.75, 3.05) is 13.2 Å². The SMILES string of the molecule is Cl.NC1CCC(CC2CCOC2)CC1. The van der Waals surface area contributed by atoms with Crippen molar-refractivity contribution in [1.82, 2.24) is 0 Å².